The van der Waals surface area contributed by atoms with Gasteiger partial charge in [0.2, 0.25) is 0 Å². The van der Waals surface area contributed by atoms with Crippen molar-refractivity contribution in [2.75, 3.05) is 0 Å². The summed E-state index contributed by atoms with van der Waals surface area (Å²) in [5.74, 6) is 2.23. The molecule has 0 nitrogen and oxygen atoms in total. The summed E-state index contributed by atoms with van der Waals surface area (Å²) in [6.45, 7) is 4.57. The molecule has 0 radical (unpaired) electrons. The Kier molecular flexibility index (Phi) is 29.4. The van der Waals surface area contributed by atoms with Gasteiger partial charge in [0.15, 0.2) is 0 Å². The molecule has 2 rings (SSSR count). The molecule has 0 N–H and O–H groups in total. The summed E-state index contributed by atoms with van der Waals surface area (Å²) in [5.41, 5.74) is 0. The molecule has 0 atom stereocenters. The van der Waals surface area contributed by atoms with E-state index in [4.69, 9.17) is 18.6 Å². The zero-order chi connectivity index (χ0) is 15.8. The van der Waals surface area contributed by atoms with E-state index in [9.17, 15) is 0 Å². The van der Waals surface area contributed by atoms with Crippen LogP contribution in [0.4, 0.5) is 0 Å². The number of hydrogen-bond acceptors (Lipinski definition) is 0. The van der Waals surface area contributed by atoms with Gasteiger partial charge in [-0.2, -0.15) is 0 Å². The quantitative estimate of drug-likeness (QED) is 0.308. The molecular weight excluding hydrogens is 359 g/mol. The van der Waals surface area contributed by atoms with Crippen molar-refractivity contribution < 1.29 is 17.0 Å². The Morgan fingerprint density at radius 2 is 0.957 bits per heavy atom. The van der Waals surface area contributed by atoms with Crippen LogP contribution >= 0.6 is 18.6 Å². The first-order chi connectivity index (χ1) is 10.3. The third kappa shape index (κ3) is 19.5. The topological polar surface area (TPSA) is 0 Å². The summed E-state index contributed by atoms with van der Waals surface area (Å²) in [6, 6.07) is 0. The first-order valence-corrected chi connectivity index (χ1v) is 13.5. The van der Waals surface area contributed by atoms with E-state index in [1.165, 1.54) is 89.9 Å². The zero-order valence-electron chi connectivity index (χ0n) is 16.3. The standard InChI is InChI=1S/2C9H18.2CH3.2ClH.Ti/c2*1-2-3-6-9-7-4-5-8-9;;;;;/h2*9H,2-8H2,1H3;2*1H3;2*1H;/q;;2*-1;;;+2/p-2. The second kappa shape index (κ2) is 23.3. The van der Waals surface area contributed by atoms with Crippen molar-refractivity contribution in [1.82, 2.24) is 0 Å². The predicted molar refractivity (Wildman–Crippen MR) is 108 cm³/mol. The van der Waals surface area contributed by atoms with Gasteiger partial charge < -0.3 is 14.9 Å². The maximum atomic E-state index is 4.89. The molecule has 2 aliphatic rings. The molecule has 0 aliphatic heterocycles. The van der Waals surface area contributed by atoms with Gasteiger partial charge in [0.1, 0.15) is 0 Å². The van der Waals surface area contributed by atoms with Gasteiger partial charge >= 0.3 is 35.6 Å². The van der Waals surface area contributed by atoms with Crippen molar-refractivity contribution in [3.63, 3.8) is 0 Å². The molecule has 23 heavy (non-hydrogen) atoms. The van der Waals surface area contributed by atoms with Gasteiger partial charge in [0, 0.05) is 0 Å². The summed E-state index contributed by atoms with van der Waals surface area (Å²) < 4.78 is 0. The second-order valence-corrected chi connectivity index (χ2v) is 9.24. The minimum atomic E-state index is -0.556. The van der Waals surface area contributed by atoms with Crippen molar-refractivity contribution in [2.24, 2.45) is 11.8 Å². The van der Waals surface area contributed by atoms with Crippen LogP contribution in [0.25, 0.3) is 0 Å². The van der Waals surface area contributed by atoms with Crippen molar-refractivity contribution in [1.29, 1.82) is 0 Å². The van der Waals surface area contributed by atoms with Crippen molar-refractivity contribution in [2.45, 2.75) is 104 Å². The number of rotatable bonds is 6. The Hall–Kier alpha value is 1.29. The van der Waals surface area contributed by atoms with Gasteiger partial charge in [-0.15, -0.1) is 0 Å². The van der Waals surface area contributed by atoms with Gasteiger partial charge in [0.25, 0.3) is 0 Å². The van der Waals surface area contributed by atoms with Crippen LogP contribution in [0.3, 0.4) is 0 Å². The first kappa shape index (κ1) is 29.1. The zero-order valence-corrected chi connectivity index (χ0v) is 19.4. The van der Waals surface area contributed by atoms with Crippen LogP contribution in [0.5, 0.6) is 0 Å². The number of halogens is 2. The maximum absolute atomic E-state index is 4.89. The molecular formula is C20H42Cl2Ti-2. The fourth-order valence-electron chi connectivity index (χ4n) is 3.58. The molecule has 2 fully saturated rings. The van der Waals surface area contributed by atoms with E-state index in [1.54, 1.807) is 0 Å². The minimum absolute atomic E-state index is 0. The van der Waals surface area contributed by atoms with E-state index in [0.717, 1.165) is 11.8 Å². The van der Waals surface area contributed by atoms with Crippen LogP contribution in [0, 0.1) is 26.7 Å². The molecule has 0 amide bonds. The Bertz CT molecular complexity index is 168. The van der Waals surface area contributed by atoms with Gasteiger partial charge in [-0.1, -0.05) is 104 Å². The van der Waals surface area contributed by atoms with E-state index in [0.29, 0.717) is 0 Å². The Balaban J connectivity index is -0.000000277. The number of unbranched alkanes of at least 4 members (excludes halogenated alkanes) is 2. The van der Waals surface area contributed by atoms with Gasteiger partial charge in [-0.05, 0) is 11.8 Å². The fourth-order valence-corrected chi connectivity index (χ4v) is 3.58. The molecule has 0 aromatic heterocycles. The summed E-state index contributed by atoms with van der Waals surface area (Å²) in [4.78, 5) is 0. The summed E-state index contributed by atoms with van der Waals surface area (Å²) in [5, 5.41) is 0. The van der Waals surface area contributed by atoms with E-state index in [-0.39, 0.29) is 14.9 Å². The third-order valence-corrected chi connectivity index (χ3v) is 4.88. The average Bonchev–Trinajstić information content (AvgIpc) is 3.18. The molecule has 3 heteroatoms. The third-order valence-electron chi connectivity index (χ3n) is 4.88. The Labute approximate surface area is 165 Å². The summed E-state index contributed by atoms with van der Waals surface area (Å²) >= 11 is -0.556. The van der Waals surface area contributed by atoms with Crippen molar-refractivity contribution >= 4 is 18.6 Å². The van der Waals surface area contributed by atoms with Gasteiger partial charge in [0.05, 0.1) is 0 Å². The average molecular weight is 401 g/mol. The molecule has 0 aromatic carbocycles. The molecule has 0 unspecified atom stereocenters. The molecule has 0 heterocycles. The van der Waals surface area contributed by atoms with Crippen molar-refractivity contribution in [3.05, 3.63) is 14.9 Å². The van der Waals surface area contributed by atoms with E-state index < -0.39 is 17.0 Å². The Morgan fingerprint density at radius 3 is 1.17 bits per heavy atom. The molecule has 2 saturated carbocycles. The monoisotopic (exact) mass is 400 g/mol. The second-order valence-electron chi connectivity index (χ2n) is 6.66. The molecule has 0 spiro atoms. The molecule has 0 saturated heterocycles. The summed E-state index contributed by atoms with van der Waals surface area (Å²) in [7, 11) is 9.78. The first-order valence-electron chi connectivity index (χ1n) is 9.24. The Morgan fingerprint density at radius 1 is 0.696 bits per heavy atom. The predicted octanol–water partition coefficient (Wildman–Crippen LogP) is 9.01. The summed E-state index contributed by atoms with van der Waals surface area (Å²) in [6.07, 6.45) is 20.9. The van der Waals surface area contributed by atoms with E-state index >= 15 is 0 Å². The normalized spacial score (nSPS) is 17.0. The van der Waals surface area contributed by atoms with Crippen LogP contribution in [0.2, 0.25) is 0 Å². The van der Waals surface area contributed by atoms with Crippen LogP contribution < -0.4 is 0 Å². The van der Waals surface area contributed by atoms with Gasteiger partial charge in [-0.25, -0.2) is 0 Å². The van der Waals surface area contributed by atoms with E-state index in [2.05, 4.69) is 13.8 Å². The van der Waals surface area contributed by atoms with Gasteiger partial charge in [-0.3, -0.25) is 0 Å². The molecule has 0 aromatic rings. The molecule has 0 bridgehead atoms. The SMILES string of the molecule is CCCCC1CCCC1.CCCCC1CCCC1.[CH3-].[CH3-].[Cl][Ti][Cl]. The number of hydrogen-bond donors (Lipinski definition) is 0. The van der Waals surface area contributed by atoms with Crippen LogP contribution in [-0.4, -0.2) is 0 Å². The van der Waals surface area contributed by atoms with Crippen LogP contribution in [-0.2, 0) is 17.0 Å². The molecule has 142 valence electrons. The molecule has 2 aliphatic carbocycles. The van der Waals surface area contributed by atoms with E-state index in [1.807, 2.05) is 0 Å². The van der Waals surface area contributed by atoms with Crippen LogP contribution in [0.1, 0.15) is 104 Å². The van der Waals surface area contributed by atoms with Crippen molar-refractivity contribution in [3.8, 4) is 0 Å². The fraction of sp³-hybridized carbons (Fsp3) is 0.900. The van der Waals surface area contributed by atoms with Crippen LogP contribution in [0.15, 0.2) is 0 Å².